The minimum Gasteiger partial charge on any atom is -0.323 e. The van der Waals surface area contributed by atoms with Crippen molar-refractivity contribution in [1.82, 2.24) is 4.98 Å². The van der Waals surface area contributed by atoms with Crippen molar-refractivity contribution in [3.05, 3.63) is 72.4 Å². The van der Waals surface area contributed by atoms with E-state index in [2.05, 4.69) is 47.4 Å². The molecule has 3 aromatic rings. The monoisotopic (exact) mass is 280 g/mol. The lowest BCUT2D eigenvalue weighted by Gasteiger charge is -2.14. The summed E-state index contributed by atoms with van der Waals surface area (Å²) >= 11 is 1.70. The van der Waals surface area contributed by atoms with E-state index in [1.165, 1.54) is 16.3 Å². The second-order valence-corrected chi connectivity index (χ2v) is 5.69. The second kappa shape index (κ2) is 6.07. The molecule has 0 aliphatic rings. The molecule has 0 spiro atoms. The van der Waals surface area contributed by atoms with Gasteiger partial charge in [-0.15, -0.1) is 11.8 Å². The Morgan fingerprint density at radius 2 is 1.75 bits per heavy atom. The summed E-state index contributed by atoms with van der Waals surface area (Å²) in [5, 5.41) is 3.50. The zero-order chi connectivity index (χ0) is 13.8. The first-order chi connectivity index (χ1) is 9.84. The minimum atomic E-state index is 0.00751. The Bertz CT molecular complexity index is 692. The highest BCUT2D eigenvalue weighted by atomic mass is 32.2. The van der Waals surface area contributed by atoms with E-state index in [0.29, 0.717) is 0 Å². The maximum atomic E-state index is 6.36. The van der Waals surface area contributed by atoms with Crippen LogP contribution in [0.4, 0.5) is 0 Å². The highest BCUT2D eigenvalue weighted by molar-refractivity contribution is 7.99. The highest BCUT2D eigenvalue weighted by Gasteiger charge is 2.10. The molecule has 0 saturated carbocycles. The van der Waals surface area contributed by atoms with Crippen molar-refractivity contribution in [2.24, 2.45) is 5.73 Å². The molecule has 2 aromatic carbocycles. The van der Waals surface area contributed by atoms with Gasteiger partial charge >= 0.3 is 0 Å². The van der Waals surface area contributed by atoms with Crippen molar-refractivity contribution >= 4 is 22.5 Å². The lowest BCUT2D eigenvalue weighted by Crippen LogP contribution is -2.13. The SMILES string of the molecule is NC(CSc1ccccn1)c1cccc2ccccc12. The van der Waals surface area contributed by atoms with Gasteiger partial charge in [-0.1, -0.05) is 48.5 Å². The fourth-order valence-corrected chi connectivity index (χ4v) is 3.11. The van der Waals surface area contributed by atoms with Crippen molar-refractivity contribution in [2.45, 2.75) is 11.1 Å². The maximum Gasteiger partial charge on any atom is 0.0960 e. The van der Waals surface area contributed by atoms with Gasteiger partial charge in [-0.2, -0.15) is 0 Å². The fraction of sp³-hybridized carbons (Fsp3) is 0.118. The van der Waals surface area contributed by atoms with Gasteiger partial charge < -0.3 is 5.73 Å². The van der Waals surface area contributed by atoms with Gasteiger partial charge in [0.15, 0.2) is 0 Å². The quantitative estimate of drug-likeness (QED) is 0.733. The van der Waals surface area contributed by atoms with Crippen LogP contribution in [0.2, 0.25) is 0 Å². The molecule has 0 fully saturated rings. The molecular weight excluding hydrogens is 264 g/mol. The van der Waals surface area contributed by atoms with Crippen LogP contribution in [0.15, 0.2) is 71.9 Å². The van der Waals surface area contributed by atoms with Crippen LogP contribution in [-0.4, -0.2) is 10.7 Å². The molecule has 0 saturated heterocycles. The van der Waals surface area contributed by atoms with E-state index in [9.17, 15) is 0 Å². The Morgan fingerprint density at radius 1 is 0.950 bits per heavy atom. The van der Waals surface area contributed by atoms with Crippen molar-refractivity contribution in [3.63, 3.8) is 0 Å². The first-order valence-corrected chi connectivity index (χ1v) is 7.60. The number of hydrogen-bond donors (Lipinski definition) is 1. The fourth-order valence-electron chi connectivity index (χ4n) is 2.27. The Kier molecular flexibility index (Phi) is 4.00. The number of nitrogens with two attached hydrogens (primary N) is 1. The Labute approximate surface area is 123 Å². The smallest absolute Gasteiger partial charge is 0.0960 e. The summed E-state index contributed by atoms with van der Waals surface area (Å²) in [6.07, 6.45) is 1.81. The largest absolute Gasteiger partial charge is 0.323 e. The zero-order valence-electron chi connectivity index (χ0n) is 11.1. The summed E-state index contributed by atoms with van der Waals surface area (Å²) in [4.78, 5) is 4.31. The number of benzene rings is 2. The molecule has 1 aromatic heterocycles. The molecule has 1 atom stereocenters. The van der Waals surface area contributed by atoms with E-state index < -0.39 is 0 Å². The average Bonchev–Trinajstić information content (AvgIpc) is 2.53. The molecule has 2 nitrogen and oxygen atoms in total. The molecular formula is C17H16N2S. The van der Waals surface area contributed by atoms with E-state index in [4.69, 9.17) is 5.73 Å². The van der Waals surface area contributed by atoms with Crippen LogP contribution in [-0.2, 0) is 0 Å². The van der Waals surface area contributed by atoms with Crippen molar-refractivity contribution in [1.29, 1.82) is 0 Å². The summed E-state index contributed by atoms with van der Waals surface area (Å²) in [6.45, 7) is 0. The number of thioether (sulfide) groups is 1. The second-order valence-electron chi connectivity index (χ2n) is 4.65. The third kappa shape index (κ3) is 2.84. The van der Waals surface area contributed by atoms with Gasteiger partial charge in [0.2, 0.25) is 0 Å². The number of fused-ring (bicyclic) bond motifs is 1. The zero-order valence-corrected chi connectivity index (χ0v) is 11.9. The van der Waals surface area contributed by atoms with Crippen LogP contribution in [0.5, 0.6) is 0 Å². The Morgan fingerprint density at radius 3 is 2.60 bits per heavy atom. The normalized spacial score (nSPS) is 12.4. The Balaban J connectivity index is 1.80. The van der Waals surface area contributed by atoms with E-state index in [-0.39, 0.29) is 6.04 Å². The molecule has 0 aliphatic carbocycles. The van der Waals surface area contributed by atoms with Gasteiger partial charge in [0.1, 0.15) is 0 Å². The molecule has 20 heavy (non-hydrogen) atoms. The number of hydrogen-bond acceptors (Lipinski definition) is 3. The van der Waals surface area contributed by atoms with Gasteiger partial charge in [-0.05, 0) is 28.5 Å². The maximum absolute atomic E-state index is 6.36. The van der Waals surface area contributed by atoms with Crippen LogP contribution in [0.3, 0.4) is 0 Å². The molecule has 2 N–H and O–H groups in total. The Hall–Kier alpha value is -1.84. The van der Waals surface area contributed by atoms with Crippen LogP contribution in [0.25, 0.3) is 10.8 Å². The molecule has 100 valence electrons. The number of pyridine rings is 1. The van der Waals surface area contributed by atoms with E-state index in [1.807, 2.05) is 24.4 Å². The van der Waals surface area contributed by atoms with Gasteiger partial charge in [-0.3, -0.25) is 0 Å². The first-order valence-electron chi connectivity index (χ1n) is 6.61. The van der Waals surface area contributed by atoms with Crippen LogP contribution >= 0.6 is 11.8 Å². The topological polar surface area (TPSA) is 38.9 Å². The summed E-state index contributed by atoms with van der Waals surface area (Å²) in [7, 11) is 0. The summed E-state index contributed by atoms with van der Waals surface area (Å²) in [5.74, 6) is 0.824. The van der Waals surface area contributed by atoms with Crippen molar-refractivity contribution in [2.75, 3.05) is 5.75 Å². The van der Waals surface area contributed by atoms with E-state index in [0.717, 1.165) is 10.8 Å². The van der Waals surface area contributed by atoms with Gasteiger partial charge in [-0.25, -0.2) is 4.98 Å². The number of nitrogens with zero attached hydrogens (tertiary/aromatic N) is 1. The highest BCUT2D eigenvalue weighted by Crippen LogP contribution is 2.27. The molecule has 1 unspecified atom stereocenters. The van der Waals surface area contributed by atoms with Crippen molar-refractivity contribution < 1.29 is 0 Å². The molecule has 3 rings (SSSR count). The summed E-state index contributed by atoms with van der Waals surface area (Å²) < 4.78 is 0. The predicted octanol–water partition coefficient (Wildman–Crippen LogP) is 4.03. The van der Waals surface area contributed by atoms with E-state index >= 15 is 0 Å². The van der Waals surface area contributed by atoms with Gasteiger partial charge in [0, 0.05) is 18.0 Å². The van der Waals surface area contributed by atoms with Gasteiger partial charge in [0.05, 0.1) is 5.03 Å². The lowest BCUT2D eigenvalue weighted by atomic mass is 10.0. The van der Waals surface area contributed by atoms with Crippen LogP contribution in [0, 0.1) is 0 Å². The average molecular weight is 280 g/mol. The molecule has 3 heteroatoms. The van der Waals surface area contributed by atoms with Gasteiger partial charge in [0.25, 0.3) is 0 Å². The molecule has 0 aliphatic heterocycles. The molecule has 0 bridgehead atoms. The molecule has 0 radical (unpaired) electrons. The number of rotatable bonds is 4. The third-order valence-electron chi connectivity index (χ3n) is 3.27. The lowest BCUT2D eigenvalue weighted by molar-refractivity contribution is 0.838. The van der Waals surface area contributed by atoms with Crippen molar-refractivity contribution in [3.8, 4) is 0 Å². The van der Waals surface area contributed by atoms with Crippen LogP contribution < -0.4 is 5.73 Å². The third-order valence-corrected chi connectivity index (χ3v) is 4.33. The molecule has 1 heterocycles. The predicted molar refractivity (Wildman–Crippen MR) is 85.8 cm³/mol. The van der Waals surface area contributed by atoms with E-state index in [1.54, 1.807) is 11.8 Å². The first kappa shape index (κ1) is 13.2. The van der Waals surface area contributed by atoms with Crippen LogP contribution in [0.1, 0.15) is 11.6 Å². The summed E-state index contributed by atoms with van der Waals surface area (Å²) in [6, 6.07) is 20.6. The molecule has 0 amide bonds. The summed E-state index contributed by atoms with van der Waals surface area (Å²) in [5.41, 5.74) is 7.56. The standard InChI is InChI=1S/C17H16N2S/c18-16(12-20-17-10-3-4-11-19-17)15-9-5-7-13-6-1-2-8-14(13)15/h1-11,16H,12,18H2. The number of aromatic nitrogens is 1. The minimum absolute atomic E-state index is 0.00751.